The molecule has 4 nitrogen and oxygen atoms in total. The normalized spacial score (nSPS) is 12.0. The Hall–Kier alpha value is -1.69. The van der Waals surface area contributed by atoms with Crippen LogP contribution < -0.4 is 5.32 Å². The first-order chi connectivity index (χ1) is 9.95. The first kappa shape index (κ1) is 15.7. The van der Waals surface area contributed by atoms with Crippen LogP contribution in [0.25, 0.3) is 0 Å². The molecule has 0 radical (unpaired) electrons. The van der Waals surface area contributed by atoms with Gasteiger partial charge in [0, 0.05) is 22.8 Å². The fourth-order valence-corrected chi connectivity index (χ4v) is 2.26. The van der Waals surface area contributed by atoms with Gasteiger partial charge in [-0.2, -0.15) is 0 Å². The summed E-state index contributed by atoms with van der Waals surface area (Å²) >= 11 is 11.7. The Morgan fingerprint density at radius 1 is 1.24 bits per heavy atom. The van der Waals surface area contributed by atoms with E-state index in [9.17, 15) is 14.3 Å². The molecule has 2 rings (SSSR count). The highest BCUT2D eigenvalue weighted by Crippen LogP contribution is 2.23. The Labute approximate surface area is 130 Å². The van der Waals surface area contributed by atoms with E-state index in [4.69, 9.17) is 23.2 Å². The molecule has 110 valence electrons. The van der Waals surface area contributed by atoms with E-state index in [-0.39, 0.29) is 12.1 Å². The van der Waals surface area contributed by atoms with Gasteiger partial charge in [0.2, 0.25) is 0 Å². The number of aromatic nitrogens is 1. The molecule has 2 N–H and O–H groups in total. The number of amides is 1. The van der Waals surface area contributed by atoms with Gasteiger partial charge in [0.15, 0.2) is 0 Å². The SMILES string of the molecule is O=C(NCC(O)c1cc(Cl)cc(Cl)c1)c1cncc(F)c1. The second-order valence-corrected chi connectivity index (χ2v) is 5.19. The standard InChI is InChI=1S/C14H11Cl2FN2O2/c15-10-1-8(2-11(16)4-10)13(20)7-19-14(21)9-3-12(17)6-18-5-9/h1-6,13,20H,7H2,(H,19,21). The van der Waals surface area contributed by atoms with E-state index in [1.165, 1.54) is 12.3 Å². The van der Waals surface area contributed by atoms with Crippen LogP contribution in [0, 0.1) is 5.82 Å². The van der Waals surface area contributed by atoms with Crippen molar-refractivity contribution < 1.29 is 14.3 Å². The summed E-state index contributed by atoms with van der Waals surface area (Å²) in [6, 6.07) is 5.70. The molecule has 0 aliphatic heterocycles. The van der Waals surface area contributed by atoms with Crippen molar-refractivity contribution in [3.63, 3.8) is 0 Å². The van der Waals surface area contributed by atoms with Gasteiger partial charge in [-0.25, -0.2) is 4.39 Å². The number of carbonyl (C=O) groups is 1. The largest absolute Gasteiger partial charge is 0.387 e. The molecule has 21 heavy (non-hydrogen) atoms. The fraction of sp³-hybridized carbons (Fsp3) is 0.143. The van der Waals surface area contributed by atoms with Crippen molar-refractivity contribution in [3.8, 4) is 0 Å². The van der Waals surface area contributed by atoms with Crippen LogP contribution >= 0.6 is 23.2 Å². The highest BCUT2D eigenvalue weighted by molar-refractivity contribution is 6.34. The summed E-state index contributed by atoms with van der Waals surface area (Å²) in [5, 5.41) is 13.3. The molecule has 1 atom stereocenters. The smallest absolute Gasteiger partial charge is 0.253 e. The Morgan fingerprint density at radius 2 is 1.90 bits per heavy atom. The molecule has 1 heterocycles. The molecule has 1 amide bonds. The summed E-state index contributed by atoms with van der Waals surface area (Å²) in [5.74, 6) is -1.14. The molecular formula is C14H11Cl2FN2O2. The lowest BCUT2D eigenvalue weighted by molar-refractivity contribution is 0.0915. The van der Waals surface area contributed by atoms with Crippen LogP contribution in [0.1, 0.15) is 22.0 Å². The van der Waals surface area contributed by atoms with Crippen molar-refractivity contribution in [2.75, 3.05) is 6.54 Å². The number of nitrogens with one attached hydrogen (secondary N) is 1. The van der Waals surface area contributed by atoms with Crippen molar-refractivity contribution in [1.82, 2.24) is 10.3 Å². The number of pyridine rings is 1. The predicted molar refractivity (Wildman–Crippen MR) is 78.0 cm³/mol. The minimum atomic E-state index is -0.980. The van der Waals surface area contributed by atoms with Crippen LogP contribution in [-0.2, 0) is 0 Å². The van der Waals surface area contributed by atoms with Gasteiger partial charge in [-0.15, -0.1) is 0 Å². The molecule has 0 aliphatic rings. The molecule has 1 aromatic carbocycles. The molecule has 0 spiro atoms. The number of rotatable bonds is 4. The first-order valence-corrected chi connectivity index (χ1v) is 6.74. The molecule has 1 unspecified atom stereocenters. The summed E-state index contributed by atoms with van der Waals surface area (Å²) in [6.45, 7) is -0.0635. The third-order valence-corrected chi connectivity index (χ3v) is 3.13. The highest BCUT2D eigenvalue weighted by Gasteiger charge is 2.13. The van der Waals surface area contributed by atoms with E-state index in [0.29, 0.717) is 15.6 Å². The third kappa shape index (κ3) is 4.39. The fourth-order valence-electron chi connectivity index (χ4n) is 1.71. The van der Waals surface area contributed by atoms with Gasteiger partial charge in [0.05, 0.1) is 17.9 Å². The second kappa shape index (κ2) is 6.85. The zero-order valence-electron chi connectivity index (χ0n) is 10.7. The minimum absolute atomic E-state index is 0.0635. The molecule has 7 heteroatoms. The Kier molecular flexibility index (Phi) is 5.12. The minimum Gasteiger partial charge on any atom is -0.387 e. The van der Waals surface area contributed by atoms with Crippen LogP contribution in [0.4, 0.5) is 4.39 Å². The summed E-state index contributed by atoms with van der Waals surface area (Å²) in [6.07, 6.45) is 1.26. The monoisotopic (exact) mass is 328 g/mol. The number of carbonyl (C=O) groups excluding carboxylic acids is 1. The second-order valence-electron chi connectivity index (χ2n) is 4.32. The number of benzene rings is 1. The number of hydrogen-bond donors (Lipinski definition) is 2. The van der Waals surface area contributed by atoms with Gasteiger partial charge < -0.3 is 10.4 Å². The number of hydrogen-bond acceptors (Lipinski definition) is 3. The lowest BCUT2D eigenvalue weighted by Gasteiger charge is -2.13. The molecule has 2 aromatic rings. The van der Waals surface area contributed by atoms with Crippen LogP contribution in [0.2, 0.25) is 10.0 Å². The maximum atomic E-state index is 13.0. The summed E-state index contributed by atoms with van der Waals surface area (Å²) in [4.78, 5) is 15.4. The average Bonchev–Trinajstić information content (AvgIpc) is 2.43. The summed E-state index contributed by atoms with van der Waals surface area (Å²) in [5.41, 5.74) is 0.552. The lowest BCUT2D eigenvalue weighted by Crippen LogP contribution is -2.28. The average molecular weight is 329 g/mol. The van der Waals surface area contributed by atoms with Crippen LogP contribution in [-0.4, -0.2) is 22.5 Å². The Balaban J connectivity index is 2.00. The maximum absolute atomic E-state index is 13.0. The Bertz CT molecular complexity index is 647. The van der Waals surface area contributed by atoms with Gasteiger partial charge in [-0.1, -0.05) is 23.2 Å². The molecular weight excluding hydrogens is 318 g/mol. The number of aliphatic hydroxyl groups excluding tert-OH is 1. The van der Waals surface area contributed by atoms with Crippen LogP contribution in [0.15, 0.2) is 36.7 Å². The lowest BCUT2D eigenvalue weighted by atomic mass is 10.1. The highest BCUT2D eigenvalue weighted by atomic mass is 35.5. The van der Waals surface area contributed by atoms with E-state index in [1.807, 2.05) is 0 Å². The molecule has 0 saturated carbocycles. The zero-order chi connectivity index (χ0) is 15.4. The van der Waals surface area contributed by atoms with E-state index in [2.05, 4.69) is 10.3 Å². The molecule has 0 bridgehead atoms. The summed E-state index contributed by atoms with van der Waals surface area (Å²) < 4.78 is 13.0. The van der Waals surface area contributed by atoms with E-state index >= 15 is 0 Å². The van der Waals surface area contributed by atoms with Gasteiger partial charge >= 0.3 is 0 Å². The number of halogens is 3. The number of aliphatic hydroxyl groups is 1. The molecule has 0 aliphatic carbocycles. The number of nitrogens with zero attached hydrogens (tertiary/aromatic N) is 1. The van der Waals surface area contributed by atoms with Crippen molar-refractivity contribution in [2.45, 2.75) is 6.10 Å². The van der Waals surface area contributed by atoms with Crippen molar-refractivity contribution in [3.05, 3.63) is 63.6 Å². The van der Waals surface area contributed by atoms with E-state index < -0.39 is 17.8 Å². The van der Waals surface area contributed by atoms with Gasteiger partial charge in [0.1, 0.15) is 5.82 Å². The van der Waals surface area contributed by atoms with Gasteiger partial charge in [0.25, 0.3) is 5.91 Å². The van der Waals surface area contributed by atoms with Crippen LogP contribution in [0.5, 0.6) is 0 Å². The molecule has 0 saturated heterocycles. The maximum Gasteiger partial charge on any atom is 0.253 e. The predicted octanol–water partition coefficient (Wildman–Crippen LogP) is 2.99. The zero-order valence-corrected chi connectivity index (χ0v) is 12.2. The van der Waals surface area contributed by atoms with Crippen molar-refractivity contribution in [2.24, 2.45) is 0 Å². The molecule has 0 fully saturated rings. The molecule has 1 aromatic heterocycles. The van der Waals surface area contributed by atoms with Gasteiger partial charge in [-0.3, -0.25) is 9.78 Å². The topological polar surface area (TPSA) is 62.2 Å². The van der Waals surface area contributed by atoms with Crippen LogP contribution in [0.3, 0.4) is 0 Å². The van der Waals surface area contributed by atoms with Crippen molar-refractivity contribution >= 4 is 29.1 Å². The third-order valence-electron chi connectivity index (χ3n) is 2.69. The first-order valence-electron chi connectivity index (χ1n) is 5.98. The van der Waals surface area contributed by atoms with E-state index in [0.717, 1.165) is 12.3 Å². The quantitative estimate of drug-likeness (QED) is 0.906. The van der Waals surface area contributed by atoms with Gasteiger partial charge in [-0.05, 0) is 29.8 Å². The van der Waals surface area contributed by atoms with E-state index in [1.54, 1.807) is 12.1 Å². The summed E-state index contributed by atoms with van der Waals surface area (Å²) in [7, 11) is 0. The Morgan fingerprint density at radius 3 is 2.52 bits per heavy atom. The van der Waals surface area contributed by atoms with Crippen molar-refractivity contribution in [1.29, 1.82) is 0 Å².